The molecule has 24 heavy (non-hydrogen) atoms. The average Bonchev–Trinajstić information content (AvgIpc) is 2.81. The van der Waals surface area contributed by atoms with E-state index in [0.29, 0.717) is 11.0 Å². The van der Waals surface area contributed by atoms with Crippen molar-refractivity contribution in [3.8, 4) is 0 Å². The number of carbonyl (C=O) groups excluding carboxylic acids is 2. The molecule has 1 atom stereocenters. The molecule has 0 radical (unpaired) electrons. The number of β-amino-alcohol motifs (C(OH)–C–C–N with tert-alkyl or cyclic N) is 1. The number of rotatable bonds is 4. The van der Waals surface area contributed by atoms with Gasteiger partial charge in [0.05, 0.1) is 18.9 Å². The highest BCUT2D eigenvalue weighted by atomic mass is 32.2. The van der Waals surface area contributed by atoms with Gasteiger partial charge in [0.1, 0.15) is 11.8 Å². The lowest BCUT2D eigenvalue weighted by Crippen LogP contribution is -2.36. The number of aliphatic hydroxyl groups excluding tert-OH is 1. The monoisotopic (exact) mass is 351 g/mol. The molecule has 130 valence electrons. The van der Waals surface area contributed by atoms with Crippen molar-refractivity contribution < 1.29 is 14.7 Å². The minimum atomic E-state index is -0.567. The summed E-state index contributed by atoms with van der Waals surface area (Å²) in [4.78, 5) is 34.6. The predicted octanol–water partition coefficient (Wildman–Crippen LogP) is 0.327. The van der Waals surface area contributed by atoms with Gasteiger partial charge in [-0.15, -0.1) is 0 Å². The standard InChI is InChI=1S/C15H21N5O3S/c21-8-7-20-13-11(9-16-20)14(23)18-15(17-13)24-10-12(22)19-5-3-1-2-4-6-19/h9,11,21H,1-8,10H2. The third-order valence-electron chi connectivity index (χ3n) is 4.18. The highest BCUT2D eigenvalue weighted by molar-refractivity contribution is 8.14. The Morgan fingerprint density at radius 1 is 1.25 bits per heavy atom. The predicted molar refractivity (Wildman–Crippen MR) is 93.2 cm³/mol. The summed E-state index contributed by atoms with van der Waals surface area (Å²) in [5.74, 6) is -0.117. The van der Waals surface area contributed by atoms with E-state index in [0.717, 1.165) is 25.9 Å². The summed E-state index contributed by atoms with van der Waals surface area (Å²) in [7, 11) is 0. The SMILES string of the molecule is O=C1N=C(SCC(=O)N2CCCCCC2)N=C2C1C=NN2CCO. The number of aliphatic imine (C=N–C) groups is 2. The van der Waals surface area contributed by atoms with Crippen molar-refractivity contribution in [1.29, 1.82) is 0 Å². The minimum absolute atomic E-state index is 0.0641. The highest BCUT2D eigenvalue weighted by Gasteiger charge is 2.35. The Morgan fingerprint density at radius 3 is 2.71 bits per heavy atom. The first-order valence-corrected chi connectivity index (χ1v) is 9.22. The molecule has 3 rings (SSSR count). The van der Waals surface area contributed by atoms with Crippen LogP contribution in [0.3, 0.4) is 0 Å². The number of fused-ring (bicyclic) bond motifs is 1. The van der Waals surface area contributed by atoms with E-state index in [1.165, 1.54) is 35.8 Å². The Labute approximate surface area is 144 Å². The van der Waals surface area contributed by atoms with Gasteiger partial charge in [-0.2, -0.15) is 10.1 Å². The Bertz CT molecular complexity index is 596. The van der Waals surface area contributed by atoms with E-state index in [-0.39, 0.29) is 30.7 Å². The number of hydrogen-bond acceptors (Lipinski definition) is 7. The molecule has 0 aliphatic carbocycles. The van der Waals surface area contributed by atoms with Gasteiger partial charge in [-0.3, -0.25) is 9.59 Å². The van der Waals surface area contributed by atoms with E-state index < -0.39 is 5.92 Å². The second kappa shape index (κ2) is 7.89. The van der Waals surface area contributed by atoms with E-state index in [4.69, 9.17) is 5.11 Å². The number of carbonyl (C=O) groups is 2. The maximum Gasteiger partial charge on any atom is 0.264 e. The molecule has 1 saturated heterocycles. The summed E-state index contributed by atoms with van der Waals surface area (Å²) in [5.41, 5.74) is 0. The minimum Gasteiger partial charge on any atom is -0.394 e. The molecule has 8 nitrogen and oxygen atoms in total. The molecule has 0 saturated carbocycles. The number of hydrogen-bond donors (Lipinski definition) is 1. The molecular weight excluding hydrogens is 330 g/mol. The number of amides is 2. The second-order valence-corrected chi connectivity index (χ2v) is 6.82. The third kappa shape index (κ3) is 3.84. The van der Waals surface area contributed by atoms with Gasteiger partial charge in [-0.1, -0.05) is 24.6 Å². The lowest BCUT2D eigenvalue weighted by Gasteiger charge is -2.21. The van der Waals surface area contributed by atoms with E-state index >= 15 is 0 Å². The van der Waals surface area contributed by atoms with E-state index in [9.17, 15) is 9.59 Å². The Kier molecular flexibility index (Phi) is 5.62. The summed E-state index contributed by atoms with van der Waals surface area (Å²) < 4.78 is 0. The summed E-state index contributed by atoms with van der Waals surface area (Å²) in [5, 5.41) is 14.9. The largest absolute Gasteiger partial charge is 0.394 e. The first-order valence-electron chi connectivity index (χ1n) is 8.23. The van der Waals surface area contributed by atoms with Crippen LogP contribution in [0, 0.1) is 5.92 Å². The van der Waals surface area contributed by atoms with Crippen molar-refractivity contribution in [2.24, 2.45) is 21.0 Å². The molecule has 3 aliphatic rings. The topological polar surface area (TPSA) is 97.9 Å². The molecule has 3 heterocycles. The first kappa shape index (κ1) is 17.1. The van der Waals surface area contributed by atoms with Crippen LogP contribution in [0.4, 0.5) is 0 Å². The van der Waals surface area contributed by atoms with Gasteiger partial charge in [0.15, 0.2) is 5.17 Å². The van der Waals surface area contributed by atoms with Crippen LogP contribution in [-0.2, 0) is 9.59 Å². The molecule has 2 amide bonds. The van der Waals surface area contributed by atoms with Crippen LogP contribution < -0.4 is 0 Å². The van der Waals surface area contributed by atoms with Crippen LogP contribution in [-0.4, -0.2) is 76.0 Å². The van der Waals surface area contributed by atoms with Gasteiger partial charge < -0.3 is 10.0 Å². The molecule has 0 spiro atoms. The van der Waals surface area contributed by atoms with Crippen molar-refractivity contribution in [1.82, 2.24) is 9.91 Å². The van der Waals surface area contributed by atoms with Crippen molar-refractivity contribution >= 4 is 40.8 Å². The van der Waals surface area contributed by atoms with E-state index in [1.807, 2.05) is 4.90 Å². The average molecular weight is 351 g/mol. The van der Waals surface area contributed by atoms with Crippen LogP contribution in [0.2, 0.25) is 0 Å². The van der Waals surface area contributed by atoms with Crippen molar-refractivity contribution in [2.45, 2.75) is 25.7 Å². The summed E-state index contributed by atoms with van der Waals surface area (Å²) in [6.45, 7) is 1.81. The number of nitrogens with zero attached hydrogens (tertiary/aromatic N) is 5. The molecule has 0 bridgehead atoms. The molecule has 0 aromatic rings. The number of hydrazone groups is 1. The Hall–Kier alpha value is -1.74. The molecule has 1 unspecified atom stereocenters. The first-order chi connectivity index (χ1) is 11.7. The molecule has 0 aromatic heterocycles. The fourth-order valence-corrected chi connectivity index (χ4v) is 3.64. The third-order valence-corrected chi connectivity index (χ3v) is 5.01. The number of aliphatic hydroxyl groups is 1. The molecule has 1 fully saturated rings. The zero-order valence-corrected chi connectivity index (χ0v) is 14.2. The van der Waals surface area contributed by atoms with Gasteiger partial charge in [0.25, 0.3) is 5.91 Å². The van der Waals surface area contributed by atoms with Crippen LogP contribution in [0.1, 0.15) is 25.7 Å². The molecule has 9 heteroatoms. The van der Waals surface area contributed by atoms with Crippen LogP contribution >= 0.6 is 11.8 Å². The van der Waals surface area contributed by atoms with E-state index in [1.54, 1.807) is 0 Å². The quantitative estimate of drug-likeness (QED) is 0.787. The molecule has 3 aliphatic heterocycles. The van der Waals surface area contributed by atoms with E-state index in [2.05, 4.69) is 15.1 Å². The maximum atomic E-state index is 12.3. The van der Waals surface area contributed by atoms with Gasteiger partial charge in [-0.05, 0) is 12.8 Å². The molecule has 1 N–H and O–H groups in total. The lowest BCUT2D eigenvalue weighted by atomic mass is 10.1. The normalized spacial score (nSPS) is 23.7. The second-order valence-electron chi connectivity index (χ2n) is 5.88. The number of thioether (sulfide) groups is 1. The summed E-state index contributed by atoms with van der Waals surface area (Å²) in [6.07, 6.45) is 5.94. The van der Waals surface area contributed by atoms with Gasteiger partial charge >= 0.3 is 0 Å². The zero-order chi connectivity index (χ0) is 16.9. The van der Waals surface area contributed by atoms with Crippen LogP contribution in [0.5, 0.6) is 0 Å². The summed E-state index contributed by atoms with van der Waals surface area (Å²) in [6, 6.07) is 0. The van der Waals surface area contributed by atoms with Crippen LogP contribution in [0.15, 0.2) is 15.1 Å². The number of likely N-dealkylation sites (tertiary alicyclic amines) is 1. The Morgan fingerprint density at radius 2 is 2.00 bits per heavy atom. The Balaban J connectivity index is 1.60. The fraction of sp³-hybridized carbons (Fsp3) is 0.667. The smallest absolute Gasteiger partial charge is 0.264 e. The lowest BCUT2D eigenvalue weighted by molar-refractivity contribution is -0.128. The molecule has 0 aromatic carbocycles. The highest BCUT2D eigenvalue weighted by Crippen LogP contribution is 2.21. The van der Waals surface area contributed by atoms with Crippen molar-refractivity contribution in [3.05, 3.63) is 0 Å². The maximum absolute atomic E-state index is 12.3. The summed E-state index contributed by atoms with van der Waals surface area (Å²) >= 11 is 1.18. The van der Waals surface area contributed by atoms with Gasteiger partial charge in [0.2, 0.25) is 5.91 Å². The van der Waals surface area contributed by atoms with Crippen molar-refractivity contribution in [2.75, 3.05) is 32.0 Å². The van der Waals surface area contributed by atoms with Crippen LogP contribution in [0.25, 0.3) is 0 Å². The van der Waals surface area contributed by atoms with Crippen molar-refractivity contribution in [3.63, 3.8) is 0 Å². The molecular formula is C15H21N5O3S. The van der Waals surface area contributed by atoms with Gasteiger partial charge in [0, 0.05) is 19.3 Å². The zero-order valence-electron chi connectivity index (χ0n) is 13.4. The van der Waals surface area contributed by atoms with Gasteiger partial charge in [-0.25, -0.2) is 10.0 Å². The number of amidine groups is 2. The fourth-order valence-electron chi connectivity index (χ4n) is 2.89.